The third-order valence-corrected chi connectivity index (χ3v) is 5.57. The summed E-state index contributed by atoms with van der Waals surface area (Å²) in [7, 11) is 0. The van der Waals surface area contributed by atoms with Crippen molar-refractivity contribution in [2.45, 2.75) is 58.0 Å². The highest BCUT2D eigenvalue weighted by atomic mass is 16.6. The molecule has 5 nitrogen and oxygen atoms in total. The zero-order valence-electron chi connectivity index (χ0n) is 19.1. The maximum absolute atomic E-state index is 11.3. The van der Waals surface area contributed by atoms with Crippen LogP contribution in [-0.2, 0) is 19.1 Å². The van der Waals surface area contributed by atoms with Crippen LogP contribution in [0.15, 0.2) is 55.1 Å². The van der Waals surface area contributed by atoms with Crippen LogP contribution in [0.5, 0.6) is 5.75 Å². The molecule has 1 saturated carbocycles. The summed E-state index contributed by atoms with van der Waals surface area (Å²) in [5.74, 6) is -0.0994. The molecular formula is C27H33O5. The molecule has 0 unspecified atom stereocenters. The first-order valence-electron chi connectivity index (χ1n) is 11.0. The number of hydrogen-bond donors (Lipinski definition) is 1. The maximum atomic E-state index is 11.3. The highest BCUT2D eigenvalue weighted by molar-refractivity contribution is 5.87. The molecule has 1 radical (unpaired) electrons. The van der Waals surface area contributed by atoms with Crippen molar-refractivity contribution in [2.24, 2.45) is 0 Å². The largest absolute Gasteiger partial charge is 0.508 e. The third kappa shape index (κ3) is 7.56. The number of hydrogen-bond acceptors (Lipinski definition) is 5. The van der Waals surface area contributed by atoms with Crippen molar-refractivity contribution in [3.63, 3.8) is 0 Å². The molecule has 1 aliphatic carbocycles. The normalized spacial score (nSPS) is 16.1. The van der Waals surface area contributed by atoms with E-state index in [2.05, 4.69) is 24.8 Å². The second-order valence-electron chi connectivity index (χ2n) is 8.07. The average molecular weight is 438 g/mol. The third-order valence-electron chi connectivity index (χ3n) is 5.57. The van der Waals surface area contributed by atoms with E-state index in [0.29, 0.717) is 17.9 Å². The Kier molecular flexibility index (Phi) is 9.51. The van der Waals surface area contributed by atoms with Crippen LogP contribution in [0.25, 0.3) is 16.8 Å². The van der Waals surface area contributed by atoms with E-state index in [1.807, 2.05) is 30.3 Å². The highest BCUT2D eigenvalue weighted by Crippen LogP contribution is 2.36. The molecule has 0 spiro atoms. The molecule has 2 fully saturated rings. The van der Waals surface area contributed by atoms with E-state index in [1.165, 1.54) is 12.8 Å². The van der Waals surface area contributed by atoms with E-state index in [-0.39, 0.29) is 17.5 Å². The molecular weight excluding hydrogens is 404 g/mol. The number of ether oxygens (including phenoxy) is 2. The number of fused-ring (bicyclic) bond motifs is 1. The fraction of sp³-hybridized carbons (Fsp3) is 0.370. The molecule has 0 aromatic heterocycles. The first-order chi connectivity index (χ1) is 15.3. The van der Waals surface area contributed by atoms with Crippen molar-refractivity contribution < 1.29 is 24.2 Å². The monoisotopic (exact) mass is 437 g/mol. The lowest BCUT2D eigenvalue weighted by Crippen LogP contribution is -2.31. The number of benzene rings is 2. The predicted molar refractivity (Wildman–Crippen MR) is 128 cm³/mol. The van der Waals surface area contributed by atoms with Gasteiger partial charge < -0.3 is 14.6 Å². The van der Waals surface area contributed by atoms with E-state index in [4.69, 9.17) is 4.74 Å². The Morgan fingerprint density at radius 2 is 1.84 bits per heavy atom. The minimum absolute atomic E-state index is 0.171. The summed E-state index contributed by atoms with van der Waals surface area (Å²) < 4.78 is 9.93. The second kappa shape index (κ2) is 12.1. The minimum Gasteiger partial charge on any atom is -0.508 e. The molecule has 2 aromatic carbocycles. The fourth-order valence-electron chi connectivity index (χ4n) is 3.60. The average Bonchev–Trinajstić information content (AvgIpc) is 3.46. The van der Waals surface area contributed by atoms with E-state index >= 15 is 0 Å². The van der Waals surface area contributed by atoms with Gasteiger partial charge in [0.05, 0.1) is 13.0 Å². The second-order valence-corrected chi connectivity index (χ2v) is 8.07. The van der Waals surface area contributed by atoms with Gasteiger partial charge in [-0.05, 0) is 80.0 Å². The van der Waals surface area contributed by atoms with Gasteiger partial charge in [0.1, 0.15) is 11.4 Å². The number of carbonyl (C=O) groups excluding carboxylic acids is 2. The van der Waals surface area contributed by atoms with E-state index < -0.39 is 0 Å². The molecule has 5 heteroatoms. The van der Waals surface area contributed by atoms with E-state index in [0.717, 1.165) is 42.0 Å². The molecule has 2 aliphatic rings. The molecule has 0 amide bonds. The Balaban J connectivity index is 0.000000182. The van der Waals surface area contributed by atoms with Crippen molar-refractivity contribution in [1.82, 2.24) is 0 Å². The highest BCUT2D eigenvalue weighted by Gasteiger charge is 2.35. The summed E-state index contributed by atoms with van der Waals surface area (Å²) in [6.07, 6.45) is 9.46. The van der Waals surface area contributed by atoms with Crippen LogP contribution in [0.1, 0.15) is 57.9 Å². The molecule has 1 aliphatic heterocycles. The van der Waals surface area contributed by atoms with Crippen molar-refractivity contribution in [3.8, 4) is 5.75 Å². The molecule has 2 aromatic rings. The van der Waals surface area contributed by atoms with Gasteiger partial charge >= 0.3 is 11.9 Å². The van der Waals surface area contributed by atoms with Crippen molar-refractivity contribution >= 4 is 28.8 Å². The van der Waals surface area contributed by atoms with Gasteiger partial charge in [0.15, 0.2) is 0 Å². The number of carbonyl (C=O) groups is 2. The Morgan fingerprint density at radius 1 is 1.19 bits per heavy atom. The summed E-state index contributed by atoms with van der Waals surface area (Å²) in [4.78, 5) is 21.3. The van der Waals surface area contributed by atoms with Crippen LogP contribution in [-0.4, -0.2) is 29.3 Å². The van der Waals surface area contributed by atoms with Gasteiger partial charge in [-0.1, -0.05) is 44.4 Å². The Hall–Kier alpha value is -3.08. The number of phenols is 1. The number of phenolic OH excluding ortho intramolecular Hbond substituents is 1. The van der Waals surface area contributed by atoms with Crippen molar-refractivity contribution in [3.05, 3.63) is 67.1 Å². The van der Waals surface area contributed by atoms with Gasteiger partial charge in [0.2, 0.25) is 0 Å². The predicted octanol–water partition coefficient (Wildman–Crippen LogP) is 6.15. The first kappa shape index (κ1) is 25.2. The molecule has 171 valence electrons. The quantitative estimate of drug-likeness (QED) is 0.458. The Labute approximate surface area is 190 Å². The number of esters is 2. The van der Waals surface area contributed by atoms with Crippen LogP contribution < -0.4 is 0 Å². The lowest BCUT2D eigenvalue weighted by Gasteiger charge is -2.27. The van der Waals surface area contributed by atoms with Gasteiger partial charge in [-0.2, -0.15) is 0 Å². The van der Waals surface area contributed by atoms with Crippen LogP contribution >= 0.6 is 0 Å². The van der Waals surface area contributed by atoms with Gasteiger partial charge in [0.25, 0.3) is 0 Å². The maximum Gasteiger partial charge on any atom is 0.333 e. The lowest BCUT2D eigenvalue weighted by molar-refractivity contribution is -0.154. The molecule has 0 bridgehead atoms. The zero-order valence-corrected chi connectivity index (χ0v) is 19.1. The van der Waals surface area contributed by atoms with E-state index in [1.54, 1.807) is 25.5 Å². The first-order valence-corrected chi connectivity index (χ1v) is 11.0. The van der Waals surface area contributed by atoms with Gasteiger partial charge in [-0.25, -0.2) is 4.79 Å². The fourth-order valence-corrected chi connectivity index (χ4v) is 3.60. The molecule has 1 heterocycles. The van der Waals surface area contributed by atoms with Crippen molar-refractivity contribution in [2.75, 3.05) is 6.61 Å². The summed E-state index contributed by atoms with van der Waals surface area (Å²) in [6.45, 7) is 11.7. The molecule has 32 heavy (non-hydrogen) atoms. The molecule has 4 rings (SSSR count). The summed E-state index contributed by atoms with van der Waals surface area (Å²) in [6, 6.07) is 11.3. The number of cyclic esters (lactones) is 1. The summed E-state index contributed by atoms with van der Waals surface area (Å²) in [5, 5.41) is 11.4. The van der Waals surface area contributed by atoms with Crippen LogP contribution in [0, 0.1) is 6.42 Å². The number of aromatic hydroxyl groups is 1. The summed E-state index contributed by atoms with van der Waals surface area (Å²) in [5.41, 5.74) is 1.42. The topological polar surface area (TPSA) is 72.8 Å². The molecule has 1 N–H and O–H groups in total. The molecule has 1 saturated heterocycles. The smallest absolute Gasteiger partial charge is 0.333 e. The van der Waals surface area contributed by atoms with Gasteiger partial charge in [-0.3, -0.25) is 4.79 Å². The van der Waals surface area contributed by atoms with Crippen molar-refractivity contribution in [1.29, 1.82) is 0 Å². The Morgan fingerprint density at radius 3 is 2.34 bits per heavy atom. The van der Waals surface area contributed by atoms with Gasteiger partial charge in [-0.15, -0.1) is 0 Å². The van der Waals surface area contributed by atoms with E-state index in [9.17, 15) is 14.7 Å². The van der Waals surface area contributed by atoms with Gasteiger partial charge in [0, 0.05) is 5.57 Å². The van der Waals surface area contributed by atoms with Crippen LogP contribution in [0.4, 0.5) is 0 Å². The standard InChI is InChI=1S/C12H10O.C11H18O2.C4H5O2/c1-2-9-3-4-11-8-12(13)6-5-10(11)7-9;1-4-11(7-5-6-8-11)13-10(12)9(2)3;5-4-2-1-3-6-4/h2-8,13H,1H2;2,4-8H2,1,3H3;2H,1,3H2. The minimum atomic E-state index is -0.233. The lowest BCUT2D eigenvalue weighted by atomic mass is 9.99. The Bertz CT molecular complexity index is 946. The van der Waals surface area contributed by atoms with Crippen LogP contribution in [0.3, 0.4) is 0 Å². The van der Waals surface area contributed by atoms with Crippen LogP contribution in [0.2, 0.25) is 0 Å². The zero-order chi connectivity index (χ0) is 23.6. The molecule has 0 atom stereocenters. The summed E-state index contributed by atoms with van der Waals surface area (Å²) >= 11 is 0. The SMILES string of the molecule is C=C(C)C(=O)OC1(CC)CCCC1.C=Cc1ccc2cc(O)ccc2c1.O=C1[CH]CCO1. The number of rotatable bonds is 4.